The van der Waals surface area contributed by atoms with Gasteiger partial charge in [0.25, 0.3) is 0 Å². The molecule has 0 bridgehead atoms. The van der Waals surface area contributed by atoms with Crippen LogP contribution in [0.25, 0.3) is 0 Å². The summed E-state index contributed by atoms with van der Waals surface area (Å²) in [6, 6.07) is 2.60. The van der Waals surface area contributed by atoms with Gasteiger partial charge in [-0.2, -0.15) is 0 Å². The Kier molecular flexibility index (Phi) is 2.74. The summed E-state index contributed by atoms with van der Waals surface area (Å²) in [6.45, 7) is 0. The molecular weight excluding hydrogens is 178 g/mol. The molecule has 0 amide bonds. The molecule has 0 aromatic heterocycles. The first kappa shape index (κ1) is 9.38. The van der Waals surface area contributed by atoms with Gasteiger partial charge in [0.05, 0.1) is 11.8 Å². The van der Waals surface area contributed by atoms with E-state index in [1.165, 1.54) is 0 Å². The molecular formula is C9H6F2O2. The highest BCUT2D eigenvalue weighted by Gasteiger charge is 2.09. The van der Waals surface area contributed by atoms with Gasteiger partial charge in [-0.15, -0.1) is 0 Å². The molecule has 1 aromatic carbocycles. The monoisotopic (exact) mass is 184 g/mol. The first-order valence-corrected chi connectivity index (χ1v) is 3.45. The van der Waals surface area contributed by atoms with Gasteiger partial charge in [-0.25, -0.2) is 8.78 Å². The van der Waals surface area contributed by atoms with Gasteiger partial charge in [-0.1, -0.05) is 0 Å². The van der Waals surface area contributed by atoms with Crippen LogP contribution in [0.1, 0.15) is 10.4 Å². The lowest BCUT2D eigenvalue weighted by Gasteiger charge is -1.97. The van der Waals surface area contributed by atoms with Gasteiger partial charge in [-0.3, -0.25) is 4.79 Å². The Labute approximate surface area is 73.1 Å². The topological polar surface area (TPSA) is 37.3 Å². The van der Waals surface area contributed by atoms with Crippen molar-refractivity contribution < 1.29 is 18.7 Å². The third-order valence-corrected chi connectivity index (χ3v) is 1.42. The molecule has 1 rings (SSSR count). The Balaban J connectivity index is 3.09. The molecule has 1 N–H and O–H groups in total. The molecule has 0 saturated carbocycles. The highest BCUT2D eigenvalue weighted by molar-refractivity contribution is 6.04. The summed E-state index contributed by atoms with van der Waals surface area (Å²) in [4.78, 5) is 11.0. The molecule has 13 heavy (non-hydrogen) atoms. The highest BCUT2D eigenvalue weighted by Crippen LogP contribution is 2.10. The lowest BCUT2D eigenvalue weighted by molar-refractivity contribution is 0.104. The van der Waals surface area contributed by atoms with E-state index >= 15 is 0 Å². The summed E-state index contributed by atoms with van der Waals surface area (Å²) < 4.78 is 25.2. The average molecular weight is 184 g/mol. The van der Waals surface area contributed by atoms with E-state index in [1.807, 2.05) is 0 Å². The number of carbonyl (C=O) groups is 1. The minimum atomic E-state index is -0.942. The van der Waals surface area contributed by atoms with E-state index in [2.05, 4.69) is 0 Å². The number of hydrogen-bond acceptors (Lipinski definition) is 2. The molecule has 1 aromatic rings. The molecule has 0 fully saturated rings. The van der Waals surface area contributed by atoms with Gasteiger partial charge in [0.1, 0.15) is 11.6 Å². The zero-order valence-corrected chi connectivity index (χ0v) is 6.50. The fourth-order valence-electron chi connectivity index (χ4n) is 0.847. The Bertz CT molecular complexity index is 359. The van der Waals surface area contributed by atoms with Crippen molar-refractivity contribution in [3.63, 3.8) is 0 Å². The second-order valence-corrected chi connectivity index (χ2v) is 2.30. The lowest BCUT2D eigenvalue weighted by atomic mass is 10.1. The Morgan fingerprint density at radius 1 is 1.38 bits per heavy atom. The van der Waals surface area contributed by atoms with Crippen molar-refractivity contribution in [1.29, 1.82) is 0 Å². The number of rotatable bonds is 2. The maximum Gasteiger partial charge on any atom is 0.191 e. The van der Waals surface area contributed by atoms with Gasteiger partial charge in [0.2, 0.25) is 0 Å². The number of carbonyl (C=O) groups excluding carboxylic acids is 1. The molecule has 0 atom stereocenters. The number of halogens is 2. The Morgan fingerprint density at radius 3 is 2.62 bits per heavy atom. The fourth-order valence-corrected chi connectivity index (χ4v) is 0.847. The fraction of sp³-hybridized carbons (Fsp3) is 0. The molecule has 0 spiro atoms. The van der Waals surface area contributed by atoms with Crippen LogP contribution in [-0.2, 0) is 0 Å². The molecule has 0 unspecified atom stereocenters. The summed E-state index contributed by atoms with van der Waals surface area (Å²) in [5.41, 5.74) is -0.272. The van der Waals surface area contributed by atoms with Crippen molar-refractivity contribution >= 4 is 5.78 Å². The van der Waals surface area contributed by atoms with E-state index in [0.717, 1.165) is 18.2 Å². The number of aliphatic hydroxyl groups excluding tert-OH is 1. The van der Waals surface area contributed by atoms with Gasteiger partial charge in [0, 0.05) is 12.1 Å². The van der Waals surface area contributed by atoms with E-state index in [-0.39, 0.29) is 5.56 Å². The van der Waals surface area contributed by atoms with E-state index in [0.29, 0.717) is 12.3 Å². The Hall–Kier alpha value is -1.71. The van der Waals surface area contributed by atoms with Crippen LogP contribution in [-0.4, -0.2) is 10.9 Å². The Morgan fingerprint density at radius 2 is 2.08 bits per heavy atom. The molecule has 0 saturated heterocycles. The second-order valence-electron chi connectivity index (χ2n) is 2.30. The van der Waals surface area contributed by atoms with Gasteiger partial charge in [-0.05, 0) is 12.1 Å². The zero-order valence-electron chi connectivity index (χ0n) is 6.50. The SMILES string of the molecule is O=C(/C=C/O)c1ccc(F)cc1F. The van der Waals surface area contributed by atoms with Crippen LogP contribution in [0.15, 0.2) is 30.5 Å². The van der Waals surface area contributed by atoms with Crippen LogP contribution in [0.5, 0.6) is 0 Å². The standard InChI is InChI=1S/C9H6F2O2/c10-6-1-2-7(8(11)5-6)9(13)3-4-12/h1-5,12H/b4-3+. The van der Waals surface area contributed by atoms with Crippen molar-refractivity contribution in [2.45, 2.75) is 0 Å². The third kappa shape index (κ3) is 2.11. The number of hydrogen-bond donors (Lipinski definition) is 1. The third-order valence-electron chi connectivity index (χ3n) is 1.42. The number of aliphatic hydroxyl groups is 1. The number of allylic oxidation sites excluding steroid dienone is 1. The minimum Gasteiger partial charge on any atom is -0.515 e. The predicted molar refractivity (Wildman–Crippen MR) is 42.5 cm³/mol. The van der Waals surface area contributed by atoms with Crippen molar-refractivity contribution in [3.8, 4) is 0 Å². The van der Waals surface area contributed by atoms with Gasteiger partial charge in [0.15, 0.2) is 5.78 Å². The van der Waals surface area contributed by atoms with Crippen LogP contribution in [0.4, 0.5) is 8.78 Å². The maximum absolute atomic E-state index is 12.8. The zero-order chi connectivity index (χ0) is 9.84. The van der Waals surface area contributed by atoms with E-state index in [4.69, 9.17) is 5.11 Å². The summed E-state index contributed by atoms with van der Waals surface area (Å²) in [7, 11) is 0. The summed E-state index contributed by atoms with van der Waals surface area (Å²) in [5.74, 6) is -2.40. The number of ketones is 1. The highest BCUT2D eigenvalue weighted by atomic mass is 19.1. The van der Waals surface area contributed by atoms with Crippen LogP contribution >= 0.6 is 0 Å². The lowest BCUT2D eigenvalue weighted by Crippen LogP contribution is -1.98. The molecule has 0 aliphatic heterocycles. The van der Waals surface area contributed by atoms with Crippen LogP contribution < -0.4 is 0 Å². The maximum atomic E-state index is 12.8. The van der Waals surface area contributed by atoms with Crippen molar-refractivity contribution in [2.24, 2.45) is 0 Å². The molecule has 2 nitrogen and oxygen atoms in total. The minimum absolute atomic E-state index is 0.272. The van der Waals surface area contributed by atoms with Crippen molar-refractivity contribution in [2.75, 3.05) is 0 Å². The van der Waals surface area contributed by atoms with Crippen LogP contribution in [0.2, 0.25) is 0 Å². The first-order chi connectivity index (χ1) is 6.15. The summed E-state index contributed by atoms with van der Waals surface area (Å²) in [6.07, 6.45) is 1.29. The smallest absolute Gasteiger partial charge is 0.191 e. The van der Waals surface area contributed by atoms with E-state index < -0.39 is 17.4 Å². The number of benzene rings is 1. The molecule has 0 aliphatic rings. The van der Waals surface area contributed by atoms with Crippen LogP contribution in [0, 0.1) is 11.6 Å². The molecule has 0 heterocycles. The van der Waals surface area contributed by atoms with Crippen molar-refractivity contribution in [1.82, 2.24) is 0 Å². The second kappa shape index (κ2) is 3.80. The predicted octanol–water partition coefficient (Wildman–Crippen LogP) is 2.22. The molecule has 68 valence electrons. The molecule has 4 heteroatoms. The molecule has 0 aliphatic carbocycles. The first-order valence-electron chi connectivity index (χ1n) is 3.45. The van der Waals surface area contributed by atoms with E-state index in [9.17, 15) is 13.6 Å². The van der Waals surface area contributed by atoms with Crippen molar-refractivity contribution in [3.05, 3.63) is 47.7 Å². The van der Waals surface area contributed by atoms with Crippen LogP contribution in [0.3, 0.4) is 0 Å². The van der Waals surface area contributed by atoms with Gasteiger partial charge >= 0.3 is 0 Å². The largest absolute Gasteiger partial charge is 0.515 e. The molecule has 0 radical (unpaired) electrons. The summed E-state index contributed by atoms with van der Waals surface area (Å²) >= 11 is 0. The average Bonchev–Trinajstić information content (AvgIpc) is 2.04. The van der Waals surface area contributed by atoms with Gasteiger partial charge < -0.3 is 5.11 Å². The normalized spacial score (nSPS) is 10.6. The quantitative estimate of drug-likeness (QED) is 0.434. The van der Waals surface area contributed by atoms with E-state index in [1.54, 1.807) is 0 Å². The summed E-state index contributed by atoms with van der Waals surface area (Å²) in [5, 5.41) is 8.25.